The second-order valence-electron chi connectivity index (χ2n) is 5.33. The van der Waals surface area contributed by atoms with E-state index in [1.807, 2.05) is 6.92 Å². The van der Waals surface area contributed by atoms with Crippen LogP contribution in [0.25, 0.3) is 0 Å². The Morgan fingerprint density at radius 1 is 1.62 bits per heavy atom. The third-order valence-electron chi connectivity index (χ3n) is 3.74. The normalized spacial score (nSPS) is 29.5. The van der Waals surface area contributed by atoms with E-state index < -0.39 is 5.97 Å². The summed E-state index contributed by atoms with van der Waals surface area (Å²) in [6.07, 6.45) is 2.24. The summed E-state index contributed by atoms with van der Waals surface area (Å²) in [5, 5.41) is 12.1. The SMILES string of the molecule is COC1CC(NC(C)CCC(=O)O)C1(C)C. The Morgan fingerprint density at radius 2 is 2.25 bits per heavy atom. The van der Waals surface area contributed by atoms with Gasteiger partial charge in [0, 0.05) is 31.0 Å². The Labute approximate surface area is 97.4 Å². The van der Waals surface area contributed by atoms with E-state index in [1.54, 1.807) is 7.11 Å². The molecular formula is C12H23NO3. The first-order valence-corrected chi connectivity index (χ1v) is 5.88. The van der Waals surface area contributed by atoms with E-state index in [4.69, 9.17) is 9.84 Å². The molecule has 3 unspecified atom stereocenters. The number of carboxylic acid groups (broad SMARTS) is 1. The van der Waals surface area contributed by atoms with Crippen molar-refractivity contribution in [2.75, 3.05) is 7.11 Å². The van der Waals surface area contributed by atoms with Crippen molar-refractivity contribution in [3.63, 3.8) is 0 Å². The van der Waals surface area contributed by atoms with Crippen molar-refractivity contribution in [3.8, 4) is 0 Å². The number of nitrogens with one attached hydrogen (secondary N) is 1. The average Bonchev–Trinajstić information content (AvgIpc) is 2.20. The zero-order valence-electron chi connectivity index (χ0n) is 10.6. The molecule has 1 fully saturated rings. The Morgan fingerprint density at radius 3 is 2.69 bits per heavy atom. The van der Waals surface area contributed by atoms with Crippen LogP contribution in [0.1, 0.15) is 40.0 Å². The van der Waals surface area contributed by atoms with Crippen LogP contribution < -0.4 is 5.32 Å². The molecule has 0 aromatic heterocycles. The molecule has 1 saturated carbocycles. The molecule has 16 heavy (non-hydrogen) atoms. The fourth-order valence-corrected chi connectivity index (χ4v) is 2.34. The lowest BCUT2D eigenvalue weighted by Crippen LogP contribution is -2.62. The van der Waals surface area contributed by atoms with Gasteiger partial charge in [0.15, 0.2) is 0 Å². The van der Waals surface area contributed by atoms with Gasteiger partial charge >= 0.3 is 5.97 Å². The van der Waals surface area contributed by atoms with Gasteiger partial charge in [-0.05, 0) is 19.8 Å². The van der Waals surface area contributed by atoms with Crippen molar-refractivity contribution in [2.45, 2.75) is 58.2 Å². The van der Waals surface area contributed by atoms with Crippen LogP contribution in [-0.4, -0.2) is 36.4 Å². The van der Waals surface area contributed by atoms with Crippen molar-refractivity contribution < 1.29 is 14.6 Å². The molecule has 94 valence electrons. The van der Waals surface area contributed by atoms with Crippen LogP contribution in [0.15, 0.2) is 0 Å². The number of hydrogen-bond acceptors (Lipinski definition) is 3. The van der Waals surface area contributed by atoms with Crippen molar-refractivity contribution in [2.24, 2.45) is 5.41 Å². The second-order valence-corrected chi connectivity index (χ2v) is 5.33. The lowest BCUT2D eigenvalue weighted by atomic mass is 9.64. The van der Waals surface area contributed by atoms with Gasteiger partial charge in [-0.1, -0.05) is 13.8 Å². The first kappa shape index (κ1) is 13.5. The Kier molecular flexibility index (Phi) is 4.33. The van der Waals surface area contributed by atoms with Crippen LogP contribution in [0.2, 0.25) is 0 Å². The summed E-state index contributed by atoms with van der Waals surface area (Å²) >= 11 is 0. The van der Waals surface area contributed by atoms with Gasteiger partial charge in [-0.2, -0.15) is 0 Å². The zero-order valence-corrected chi connectivity index (χ0v) is 10.6. The smallest absolute Gasteiger partial charge is 0.303 e. The highest BCUT2D eigenvalue weighted by Crippen LogP contribution is 2.42. The van der Waals surface area contributed by atoms with Crippen molar-refractivity contribution >= 4 is 5.97 Å². The molecular weight excluding hydrogens is 206 g/mol. The molecule has 0 heterocycles. The van der Waals surface area contributed by atoms with Crippen LogP contribution in [0.3, 0.4) is 0 Å². The van der Waals surface area contributed by atoms with Crippen LogP contribution in [-0.2, 0) is 9.53 Å². The highest BCUT2D eigenvalue weighted by Gasteiger charge is 2.48. The monoisotopic (exact) mass is 229 g/mol. The van der Waals surface area contributed by atoms with Crippen molar-refractivity contribution in [1.29, 1.82) is 0 Å². The van der Waals surface area contributed by atoms with E-state index in [2.05, 4.69) is 19.2 Å². The predicted octanol–water partition coefficient (Wildman–Crippen LogP) is 1.64. The standard InChI is InChI=1S/C12H23NO3/c1-8(5-6-11(14)15)13-9-7-10(16-4)12(9,2)3/h8-10,13H,5-7H2,1-4H3,(H,14,15). The van der Waals surface area contributed by atoms with Gasteiger partial charge in [0.2, 0.25) is 0 Å². The molecule has 1 rings (SSSR count). The number of methoxy groups -OCH3 is 1. The molecule has 4 heteroatoms. The number of hydrogen-bond donors (Lipinski definition) is 2. The Hall–Kier alpha value is -0.610. The van der Waals surface area contributed by atoms with E-state index in [0.29, 0.717) is 18.6 Å². The van der Waals surface area contributed by atoms with Gasteiger partial charge in [-0.25, -0.2) is 0 Å². The first-order chi connectivity index (χ1) is 7.37. The summed E-state index contributed by atoms with van der Waals surface area (Å²) in [7, 11) is 1.75. The Bertz CT molecular complexity index is 253. The number of aliphatic carboxylic acids is 1. The van der Waals surface area contributed by atoms with Crippen molar-refractivity contribution in [1.82, 2.24) is 5.32 Å². The lowest BCUT2D eigenvalue weighted by Gasteiger charge is -2.52. The number of ether oxygens (including phenoxy) is 1. The van der Waals surface area contributed by atoms with Crippen LogP contribution >= 0.6 is 0 Å². The number of carboxylic acids is 1. The lowest BCUT2D eigenvalue weighted by molar-refractivity contribution is -0.137. The molecule has 0 aromatic carbocycles. The fraction of sp³-hybridized carbons (Fsp3) is 0.917. The molecule has 4 nitrogen and oxygen atoms in total. The maximum absolute atomic E-state index is 10.5. The summed E-state index contributed by atoms with van der Waals surface area (Å²) in [5.41, 5.74) is 0.145. The summed E-state index contributed by atoms with van der Waals surface area (Å²) in [6, 6.07) is 0.680. The highest BCUT2D eigenvalue weighted by molar-refractivity contribution is 5.66. The molecule has 1 aliphatic rings. The molecule has 0 aromatic rings. The van der Waals surface area contributed by atoms with Gasteiger partial charge in [0.1, 0.15) is 0 Å². The molecule has 0 aliphatic heterocycles. The summed E-state index contributed by atoms with van der Waals surface area (Å²) < 4.78 is 5.38. The molecule has 3 atom stereocenters. The summed E-state index contributed by atoms with van der Waals surface area (Å²) in [6.45, 7) is 6.41. The third kappa shape index (κ3) is 2.95. The van der Waals surface area contributed by atoms with Crippen LogP contribution in [0.5, 0.6) is 0 Å². The highest BCUT2D eigenvalue weighted by atomic mass is 16.5. The van der Waals surface area contributed by atoms with E-state index in [9.17, 15) is 4.79 Å². The van der Waals surface area contributed by atoms with Crippen LogP contribution in [0, 0.1) is 5.41 Å². The van der Waals surface area contributed by atoms with Gasteiger partial charge in [0.25, 0.3) is 0 Å². The third-order valence-corrected chi connectivity index (χ3v) is 3.74. The number of rotatable bonds is 6. The minimum atomic E-state index is -0.726. The molecule has 0 saturated heterocycles. The molecule has 1 aliphatic carbocycles. The van der Waals surface area contributed by atoms with E-state index in [0.717, 1.165) is 6.42 Å². The maximum Gasteiger partial charge on any atom is 0.303 e. The van der Waals surface area contributed by atoms with Gasteiger partial charge < -0.3 is 15.2 Å². The molecule has 0 amide bonds. The minimum absolute atomic E-state index is 0.145. The quantitative estimate of drug-likeness (QED) is 0.727. The maximum atomic E-state index is 10.5. The first-order valence-electron chi connectivity index (χ1n) is 5.88. The number of carbonyl (C=O) groups is 1. The summed E-state index contributed by atoms with van der Waals surface area (Å²) in [5.74, 6) is -0.726. The predicted molar refractivity (Wildman–Crippen MR) is 62.5 cm³/mol. The largest absolute Gasteiger partial charge is 0.481 e. The summed E-state index contributed by atoms with van der Waals surface area (Å²) in [4.78, 5) is 10.5. The molecule has 0 radical (unpaired) electrons. The van der Waals surface area contributed by atoms with E-state index in [1.165, 1.54) is 0 Å². The van der Waals surface area contributed by atoms with Gasteiger partial charge in [-0.3, -0.25) is 4.79 Å². The molecule has 0 bridgehead atoms. The van der Waals surface area contributed by atoms with Crippen LogP contribution in [0.4, 0.5) is 0 Å². The molecule has 0 spiro atoms. The zero-order chi connectivity index (χ0) is 12.3. The Balaban J connectivity index is 2.31. The van der Waals surface area contributed by atoms with E-state index in [-0.39, 0.29) is 17.9 Å². The molecule has 2 N–H and O–H groups in total. The average molecular weight is 229 g/mol. The fourth-order valence-electron chi connectivity index (χ4n) is 2.34. The van der Waals surface area contributed by atoms with Crippen molar-refractivity contribution in [3.05, 3.63) is 0 Å². The second kappa shape index (κ2) is 5.15. The van der Waals surface area contributed by atoms with Gasteiger partial charge in [0.05, 0.1) is 6.10 Å². The minimum Gasteiger partial charge on any atom is -0.481 e. The van der Waals surface area contributed by atoms with Gasteiger partial charge in [-0.15, -0.1) is 0 Å². The van der Waals surface area contributed by atoms with E-state index >= 15 is 0 Å². The topological polar surface area (TPSA) is 58.6 Å².